The van der Waals surface area contributed by atoms with Crippen LogP contribution in [0.1, 0.15) is 18.1 Å². The summed E-state index contributed by atoms with van der Waals surface area (Å²) in [5.41, 5.74) is 2.38. The summed E-state index contributed by atoms with van der Waals surface area (Å²) >= 11 is 0. The fourth-order valence-electron chi connectivity index (χ4n) is 2.88. The van der Waals surface area contributed by atoms with E-state index in [9.17, 15) is 0 Å². The van der Waals surface area contributed by atoms with Gasteiger partial charge in [0.15, 0.2) is 5.96 Å². The molecule has 0 saturated carbocycles. The van der Waals surface area contributed by atoms with Gasteiger partial charge in [0.1, 0.15) is 0 Å². The molecule has 6 heteroatoms. The molecule has 1 heterocycles. The number of halogens is 1. The van der Waals surface area contributed by atoms with E-state index in [1.165, 1.54) is 21.9 Å². The van der Waals surface area contributed by atoms with Crippen LogP contribution in [0.25, 0.3) is 10.8 Å². The Morgan fingerprint density at radius 1 is 1.15 bits per heavy atom. The highest BCUT2D eigenvalue weighted by Gasteiger charge is 2.08. The number of benzene rings is 2. The second-order valence-electron chi connectivity index (χ2n) is 6.23. The molecule has 0 atom stereocenters. The van der Waals surface area contributed by atoms with E-state index in [0.717, 1.165) is 19.0 Å². The minimum atomic E-state index is 0. The van der Waals surface area contributed by atoms with Crippen molar-refractivity contribution in [3.63, 3.8) is 0 Å². The zero-order valence-corrected chi connectivity index (χ0v) is 17.8. The molecule has 0 radical (unpaired) electrons. The minimum absolute atomic E-state index is 0. The first-order chi connectivity index (χ1) is 12.2. The number of hydrogen-bond donors (Lipinski definition) is 1. The number of aryl methyl sites for hydroxylation is 1. The fraction of sp³-hybridized carbons (Fsp3) is 0.300. The topological polar surface area (TPSA) is 45.5 Å². The summed E-state index contributed by atoms with van der Waals surface area (Å²) in [5, 5.41) is 10.1. The Morgan fingerprint density at radius 2 is 1.92 bits per heavy atom. The highest BCUT2D eigenvalue weighted by atomic mass is 127. The molecule has 26 heavy (non-hydrogen) atoms. The van der Waals surface area contributed by atoms with E-state index in [1.807, 2.05) is 24.1 Å². The molecule has 0 spiro atoms. The summed E-state index contributed by atoms with van der Waals surface area (Å²) < 4.78 is 1.82. The van der Waals surface area contributed by atoms with Gasteiger partial charge in [-0.15, -0.1) is 24.0 Å². The van der Waals surface area contributed by atoms with Gasteiger partial charge in [0.2, 0.25) is 0 Å². The van der Waals surface area contributed by atoms with Gasteiger partial charge in [0.25, 0.3) is 0 Å². The number of fused-ring (bicyclic) bond motifs is 1. The summed E-state index contributed by atoms with van der Waals surface area (Å²) in [4.78, 5) is 6.92. The number of aliphatic imine (C=N–C) groups is 1. The first-order valence-corrected chi connectivity index (χ1v) is 8.60. The fourth-order valence-corrected chi connectivity index (χ4v) is 2.88. The molecular formula is C20H26IN5. The third-order valence-electron chi connectivity index (χ3n) is 4.10. The van der Waals surface area contributed by atoms with Gasteiger partial charge in [-0.05, 0) is 29.3 Å². The first-order valence-electron chi connectivity index (χ1n) is 8.60. The average molecular weight is 463 g/mol. The van der Waals surface area contributed by atoms with Gasteiger partial charge in [-0.1, -0.05) is 36.4 Å². The second-order valence-corrected chi connectivity index (χ2v) is 6.23. The van der Waals surface area contributed by atoms with Gasteiger partial charge in [0.05, 0.1) is 12.7 Å². The Bertz CT molecular complexity index is 871. The minimum Gasteiger partial charge on any atom is -0.357 e. The maximum absolute atomic E-state index is 4.80. The highest BCUT2D eigenvalue weighted by molar-refractivity contribution is 14.0. The molecule has 0 saturated heterocycles. The molecule has 2 aromatic carbocycles. The monoisotopic (exact) mass is 463 g/mol. The zero-order valence-electron chi connectivity index (χ0n) is 15.5. The third-order valence-corrected chi connectivity index (χ3v) is 4.10. The molecule has 1 N–H and O–H groups in total. The first kappa shape index (κ1) is 20.2. The van der Waals surface area contributed by atoms with Gasteiger partial charge in [-0.2, -0.15) is 5.10 Å². The SMILES string of the molecule is CCNC(=NCc1ccc2ccccc2c1)N(C)Cc1cnn(C)c1.I. The maximum Gasteiger partial charge on any atom is 0.194 e. The normalized spacial score (nSPS) is 11.3. The van der Waals surface area contributed by atoms with Gasteiger partial charge in [-0.3, -0.25) is 4.68 Å². The lowest BCUT2D eigenvalue weighted by Gasteiger charge is -2.21. The smallest absolute Gasteiger partial charge is 0.194 e. The largest absolute Gasteiger partial charge is 0.357 e. The molecule has 0 aliphatic carbocycles. The zero-order chi connectivity index (χ0) is 17.6. The lowest BCUT2D eigenvalue weighted by molar-refractivity contribution is 0.476. The van der Waals surface area contributed by atoms with Crippen LogP contribution in [-0.4, -0.2) is 34.2 Å². The predicted octanol–water partition coefficient (Wildman–Crippen LogP) is 3.79. The summed E-state index contributed by atoms with van der Waals surface area (Å²) in [6.07, 6.45) is 3.92. The van der Waals surface area contributed by atoms with Gasteiger partial charge < -0.3 is 10.2 Å². The van der Waals surface area contributed by atoms with Crippen molar-refractivity contribution in [1.82, 2.24) is 20.0 Å². The van der Waals surface area contributed by atoms with Gasteiger partial charge in [0, 0.05) is 38.9 Å². The van der Waals surface area contributed by atoms with Crippen molar-refractivity contribution in [2.75, 3.05) is 13.6 Å². The van der Waals surface area contributed by atoms with Crippen LogP contribution in [0.15, 0.2) is 59.9 Å². The Balaban J connectivity index is 0.00000243. The van der Waals surface area contributed by atoms with Crippen molar-refractivity contribution in [3.05, 3.63) is 66.0 Å². The molecule has 0 amide bonds. The summed E-state index contributed by atoms with van der Waals surface area (Å²) in [6, 6.07) is 14.9. The number of nitrogens with zero attached hydrogens (tertiary/aromatic N) is 4. The molecule has 1 aromatic heterocycles. The molecule has 138 valence electrons. The number of aromatic nitrogens is 2. The molecule has 0 bridgehead atoms. The standard InChI is InChI=1S/C20H25N5.HI/c1-4-21-20(24(2)14-17-13-23-25(3)15-17)22-12-16-9-10-18-7-5-6-8-19(18)11-16;/h5-11,13,15H,4,12,14H2,1-3H3,(H,21,22);1H. The van der Waals surface area contributed by atoms with Crippen LogP contribution in [0.4, 0.5) is 0 Å². The maximum atomic E-state index is 4.80. The van der Waals surface area contributed by atoms with E-state index >= 15 is 0 Å². The van der Waals surface area contributed by atoms with Crippen molar-refractivity contribution in [2.24, 2.45) is 12.0 Å². The molecule has 0 fully saturated rings. The molecule has 5 nitrogen and oxygen atoms in total. The Kier molecular flexibility index (Phi) is 7.44. The molecule has 0 aliphatic rings. The van der Waals surface area contributed by atoms with Crippen LogP contribution in [0.2, 0.25) is 0 Å². The van der Waals surface area contributed by atoms with E-state index < -0.39 is 0 Å². The lowest BCUT2D eigenvalue weighted by atomic mass is 10.1. The van der Waals surface area contributed by atoms with Gasteiger partial charge >= 0.3 is 0 Å². The number of nitrogens with one attached hydrogen (secondary N) is 1. The van der Waals surface area contributed by atoms with E-state index in [1.54, 1.807) is 0 Å². The number of hydrogen-bond acceptors (Lipinski definition) is 2. The number of guanidine groups is 1. The molecular weight excluding hydrogens is 437 g/mol. The van der Waals surface area contributed by atoms with Crippen LogP contribution < -0.4 is 5.32 Å². The molecule has 3 rings (SSSR count). The van der Waals surface area contributed by atoms with Crippen LogP contribution in [-0.2, 0) is 20.1 Å². The van der Waals surface area contributed by atoms with Crippen LogP contribution in [0.5, 0.6) is 0 Å². The van der Waals surface area contributed by atoms with E-state index in [-0.39, 0.29) is 24.0 Å². The number of rotatable bonds is 5. The van der Waals surface area contributed by atoms with Crippen molar-refractivity contribution >= 4 is 40.7 Å². The Labute approximate surface area is 172 Å². The average Bonchev–Trinajstić information content (AvgIpc) is 3.03. The predicted molar refractivity (Wildman–Crippen MR) is 119 cm³/mol. The third kappa shape index (κ3) is 5.20. The Morgan fingerprint density at radius 3 is 2.62 bits per heavy atom. The molecule has 0 unspecified atom stereocenters. The van der Waals surface area contributed by atoms with E-state index in [0.29, 0.717) is 6.54 Å². The Hall–Kier alpha value is -2.09. The van der Waals surface area contributed by atoms with E-state index in [4.69, 9.17) is 4.99 Å². The van der Waals surface area contributed by atoms with Crippen molar-refractivity contribution in [3.8, 4) is 0 Å². The van der Waals surface area contributed by atoms with Crippen LogP contribution in [0, 0.1) is 0 Å². The van der Waals surface area contributed by atoms with Crippen molar-refractivity contribution in [2.45, 2.75) is 20.0 Å². The molecule has 0 aliphatic heterocycles. The summed E-state index contributed by atoms with van der Waals surface area (Å²) in [6.45, 7) is 4.36. The quantitative estimate of drug-likeness (QED) is 0.356. The van der Waals surface area contributed by atoms with Crippen molar-refractivity contribution < 1.29 is 0 Å². The van der Waals surface area contributed by atoms with Crippen LogP contribution in [0.3, 0.4) is 0 Å². The van der Waals surface area contributed by atoms with E-state index in [2.05, 4.69) is 71.8 Å². The highest BCUT2D eigenvalue weighted by Crippen LogP contribution is 2.16. The summed E-state index contributed by atoms with van der Waals surface area (Å²) in [5.74, 6) is 0.902. The van der Waals surface area contributed by atoms with Crippen molar-refractivity contribution in [1.29, 1.82) is 0 Å². The second kappa shape index (κ2) is 9.56. The van der Waals surface area contributed by atoms with Gasteiger partial charge in [-0.25, -0.2) is 4.99 Å². The molecule has 3 aromatic rings. The summed E-state index contributed by atoms with van der Waals surface area (Å²) in [7, 11) is 3.98. The van der Waals surface area contributed by atoms with Crippen LogP contribution >= 0.6 is 24.0 Å². The lowest BCUT2D eigenvalue weighted by Crippen LogP contribution is -2.38.